The molecule has 1 unspecified atom stereocenters. The maximum Gasteiger partial charge on any atom is 0.154 e. The van der Waals surface area contributed by atoms with E-state index in [0.29, 0.717) is 12.3 Å². The number of likely N-dealkylation sites (tertiary alicyclic amines) is 1. The zero-order chi connectivity index (χ0) is 10.2. The van der Waals surface area contributed by atoms with Gasteiger partial charge in [0.15, 0.2) is 9.84 Å². The molecule has 0 radical (unpaired) electrons. The topological polar surface area (TPSA) is 63.4 Å². The first kappa shape index (κ1) is 10.4. The van der Waals surface area contributed by atoms with Crippen LogP contribution in [-0.2, 0) is 9.84 Å². The molecule has 5 heteroatoms. The third-order valence-corrected chi connectivity index (χ3v) is 5.27. The van der Waals surface area contributed by atoms with E-state index in [0.717, 1.165) is 32.4 Å². The normalized spacial score (nSPS) is 29.6. The lowest BCUT2D eigenvalue weighted by Crippen LogP contribution is -2.31. The minimum absolute atomic E-state index is 0.0150. The van der Waals surface area contributed by atoms with Gasteiger partial charge in [0.25, 0.3) is 0 Å². The Kier molecular flexibility index (Phi) is 2.81. The summed E-state index contributed by atoms with van der Waals surface area (Å²) in [6.07, 6.45) is 2.76. The van der Waals surface area contributed by atoms with Crippen LogP contribution in [0, 0.1) is 0 Å². The van der Waals surface area contributed by atoms with Crippen molar-refractivity contribution in [1.29, 1.82) is 0 Å². The Morgan fingerprint density at radius 1 is 1.29 bits per heavy atom. The van der Waals surface area contributed by atoms with Gasteiger partial charge in [-0.05, 0) is 25.8 Å². The molecule has 2 fully saturated rings. The second kappa shape index (κ2) is 3.79. The molecule has 1 saturated heterocycles. The van der Waals surface area contributed by atoms with Crippen LogP contribution in [0.4, 0.5) is 0 Å². The third kappa shape index (κ3) is 2.46. The molecule has 0 spiro atoms. The van der Waals surface area contributed by atoms with E-state index in [2.05, 4.69) is 4.90 Å². The second-order valence-corrected chi connectivity index (χ2v) is 6.82. The van der Waals surface area contributed by atoms with E-state index < -0.39 is 9.84 Å². The number of rotatable bonds is 4. The fourth-order valence-electron chi connectivity index (χ4n) is 1.92. The van der Waals surface area contributed by atoms with Crippen molar-refractivity contribution < 1.29 is 8.42 Å². The summed E-state index contributed by atoms with van der Waals surface area (Å²) in [5, 5.41) is -0.0150. The van der Waals surface area contributed by atoms with Crippen LogP contribution < -0.4 is 5.73 Å². The van der Waals surface area contributed by atoms with E-state index in [-0.39, 0.29) is 11.3 Å². The van der Waals surface area contributed by atoms with Gasteiger partial charge in [-0.2, -0.15) is 0 Å². The molecule has 0 amide bonds. The van der Waals surface area contributed by atoms with Crippen LogP contribution >= 0.6 is 0 Å². The number of sulfone groups is 1. The number of nitrogens with zero attached hydrogens (tertiary/aromatic N) is 1. The van der Waals surface area contributed by atoms with Crippen molar-refractivity contribution in [3.05, 3.63) is 0 Å². The highest BCUT2D eigenvalue weighted by molar-refractivity contribution is 7.92. The molecule has 1 heterocycles. The van der Waals surface area contributed by atoms with Crippen LogP contribution in [0.2, 0.25) is 0 Å². The summed E-state index contributed by atoms with van der Waals surface area (Å²) in [5.74, 6) is 0.324. The Morgan fingerprint density at radius 2 is 2.00 bits per heavy atom. The van der Waals surface area contributed by atoms with Gasteiger partial charge in [-0.1, -0.05) is 0 Å². The summed E-state index contributed by atoms with van der Waals surface area (Å²) in [7, 11) is -2.77. The summed E-state index contributed by atoms with van der Waals surface area (Å²) in [6, 6.07) is 0.249. The highest BCUT2D eigenvalue weighted by atomic mass is 32.2. The van der Waals surface area contributed by atoms with Gasteiger partial charge in [0.2, 0.25) is 0 Å². The summed E-state index contributed by atoms with van der Waals surface area (Å²) in [5.41, 5.74) is 5.75. The Balaban J connectivity index is 1.76. The lowest BCUT2D eigenvalue weighted by atomic mass is 10.3. The molecule has 0 aromatic heterocycles. The first-order valence-electron chi connectivity index (χ1n) is 5.27. The minimum atomic E-state index is -2.77. The zero-order valence-electron chi connectivity index (χ0n) is 8.35. The lowest BCUT2D eigenvalue weighted by molar-refractivity contribution is 0.354. The molecule has 82 valence electrons. The van der Waals surface area contributed by atoms with Crippen LogP contribution in [0.25, 0.3) is 0 Å². The van der Waals surface area contributed by atoms with Gasteiger partial charge in [-0.25, -0.2) is 8.42 Å². The summed E-state index contributed by atoms with van der Waals surface area (Å²) >= 11 is 0. The SMILES string of the molecule is NC1CCN(CCS(=O)(=O)C2CC2)C1. The van der Waals surface area contributed by atoms with Crippen LogP contribution in [-0.4, -0.2) is 50.0 Å². The molecule has 1 aliphatic heterocycles. The van der Waals surface area contributed by atoms with E-state index >= 15 is 0 Å². The Bertz CT molecular complexity index is 298. The van der Waals surface area contributed by atoms with Crippen molar-refractivity contribution in [3.63, 3.8) is 0 Å². The average Bonchev–Trinajstić information content (AvgIpc) is 2.89. The summed E-state index contributed by atoms with van der Waals surface area (Å²) < 4.78 is 23.1. The Hall–Kier alpha value is -0.130. The van der Waals surface area contributed by atoms with Gasteiger partial charge in [0.1, 0.15) is 0 Å². The van der Waals surface area contributed by atoms with Crippen molar-refractivity contribution in [2.45, 2.75) is 30.6 Å². The van der Waals surface area contributed by atoms with E-state index in [1.165, 1.54) is 0 Å². The highest BCUT2D eigenvalue weighted by Crippen LogP contribution is 2.28. The molecule has 2 aliphatic rings. The molecule has 4 nitrogen and oxygen atoms in total. The smallest absolute Gasteiger partial charge is 0.154 e. The van der Waals surface area contributed by atoms with Crippen LogP contribution in [0.3, 0.4) is 0 Å². The molecular formula is C9H18N2O2S. The molecule has 0 bridgehead atoms. The molecule has 0 aromatic carbocycles. The standard InChI is InChI=1S/C9H18N2O2S/c10-8-3-4-11(7-8)5-6-14(12,13)9-1-2-9/h8-9H,1-7,10H2. The third-order valence-electron chi connectivity index (χ3n) is 3.03. The molecule has 2 rings (SSSR count). The van der Waals surface area contributed by atoms with E-state index in [1.54, 1.807) is 0 Å². The molecule has 1 saturated carbocycles. The number of hydrogen-bond donors (Lipinski definition) is 1. The molecular weight excluding hydrogens is 200 g/mol. The van der Waals surface area contributed by atoms with Gasteiger partial charge < -0.3 is 10.6 Å². The van der Waals surface area contributed by atoms with Crippen molar-refractivity contribution in [1.82, 2.24) is 4.90 Å². The molecule has 1 aliphatic carbocycles. The fourth-order valence-corrected chi connectivity index (χ4v) is 3.62. The van der Waals surface area contributed by atoms with E-state index in [1.807, 2.05) is 0 Å². The number of hydrogen-bond acceptors (Lipinski definition) is 4. The predicted molar refractivity (Wildman–Crippen MR) is 55.8 cm³/mol. The van der Waals surface area contributed by atoms with Crippen molar-refractivity contribution in [2.75, 3.05) is 25.4 Å². The first-order valence-corrected chi connectivity index (χ1v) is 6.99. The van der Waals surface area contributed by atoms with Crippen molar-refractivity contribution in [2.24, 2.45) is 5.73 Å². The molecule has 1 atom stereocenters. The van der Waals surface area contributed by atoms with Gasteiger partial charge in [-0.15, -0.1) is 0 Å². The van der Waals surface area contributed by atoms with Gasteiger partial charge in [-0.3, -0.25) is 0 Å². The second-order valence-electron chi connectivity index (χ2n) is 4.42. The first-order chi connectivity index (χ1) is 6.58. The minimum Gasteiger partial charge on any atom is -0.326 e. The lowest BCUT2D eigenvalue weighted by Gasteiger charge is -2.14. The van der Waals surface area contributed by atoms with Crippen LogP contribution in [0.1, 0.15) is 19.3 Å². The van der Waals surface area contributed by atoms with Gasteiger partial charge in [0.05, 0.1) is 11.0 Å². The van der Waals surface area contributed by atoms with E-state index in [9.17, 15) is 8.42 Å². The van der Waals surface area contributed by atoms with Gasteiger partial charge in [0, 0.05) is 19.1 Å². The van der Waals surface area contributed by atoms with Crippen LogP contribution in [0.5, 0.6) is 0 Å². The Morgan fingerprint density at radius 3 is 2.50 bits per heavy atom. The summed E-state index contributed by atoms with van der Waals surface area (Å²) in [6.45, 7) is 2.49. The summed E-state index contributed by atoms with van der Waals surface area (Å²) in [4.78, 5) is 2.16. The average molecular weight is 218 g/mol. The van der Waals surface area contributed by atoms with Crippen molar-refractivity contribution in [3.8, 4) is 0 Å². The largest absolute Gasteiger partial charge is 0.326 e. The van der Waals surface area contributed by atoms with E-state index in [4.69, 9.17) is 5.73 Å². The fraction of sp³-hybridized carbons (Fsp3) is 1.00. The maximum absolute atomic E-state index is 11.6. The zero-order valence-corrected chi connectivity index (χ0v) is 9.17. The predicted octanol–water partition coefficient (Wildman–Crippen LogP) is -0.403. The monoisotopic (exact) mass is 218 g/mol. The quantitative estimate of drug-likeness (QED) is 0.697. The van der Waals surface area contributed by atoms with Gasteiger partial charge >= 0.3 is 0 Å². The van der Waals surface area contributed by atoms with Crippen molar-refractivity contribution >= 4 is 9.84 Å². The maximum atomic E-state index is 11.6. The molecule has 14 heavy (non-hydrogen) atoms. The highest BCUT2D eigenvalue weighted by Gasteiger charge is 2.35. The molecule has 2 N–H and O–H groups in total. The Labute approximate surface area is 85.4 Å². The number of nitrogens with two attached hydrogens (primary N) is 1. The molecule has 0 aromatic rings. The van der Waals surface area contributed by atoms with Crippen LogP contribution in [0.15, 0.2) is 0 Å².